The molecule has 1 fully saturated rings. The fourth-order valence-electron chi connectivity index (χ4n) is 3.14. The highest BCUT2D eigenvalue weighted by Gasteiger charge is 2.15. The lowest BCUT2D eigenvalue weighted by atomic mass is 10.1. The van der Waals surface area contributed by atoms with Gasteiger partial charge in [-0.15, -0.1) is 0 Å². The first kappa shape index (κ1) is 18.7. The van der Waals surface area contributed by atoms with Crippen molar-refractivity contribution in [3.05, 3.63) is 48.2 Å². The number of likely N-dealkylation sites (tertiary alicyclic amines) is 1. The molecule has 0 spiro atoms. The Balaban J connectivity index is 1.65. The van der Waals surface area contributed by atoms with Crippen molar-refractivity contribution in [1.82, 2.24) is 9.88 Å². The third-order valence-electron chi connectivity index (χ3n) is 4.62. The molecule has 140 valence electrons. The van der Waals surface area contributed by atoms with Gasteiger partial charge in [-0.25, -0.2) is 4.98 Å². The van der Waals surface area contributed by atoms with Crippen LogP contribution in [0.15, 0.2) is 42.6 Å². The third kappa shape index (κ3) is 5.20. The molecule has 1 aromatic carbocycles. The number of aromatic nitrogens is 1. The molecule has 1 aliphatic rings. The topological polar surface area (TPSA) is 78.2 Å². The van der Waals surface area contributed by atoms with Crippen LogP contribution in [-0.2, 0) is 4.79 Å². The smallest absolute Gasteiger partial charge is 0.241 e. The number of hydrogen-bond donors (Lipinski definition) is 1. The second-order valence-electron chi connectivity index (χ2n) is 6.57. The number of nitrogens with one attached hydrogen (secondary N) is 1. The molecule has 1 aromatic heterocycles. The first-order valence-electron chi connectivity index (χ1n) is 9.41. The molecule has 27 heavy (non-hydrogen) atoms. The Labute approximate surface area is 159 Å². The van der Waals surface area contributed by atoms with E-state index in [4.69, 9.17) is 4.74 Å². The number of anilines is 1. The van der Waals surface area contributed by atoms with Crippen molar-refractivity contribution in [2.45, 2.75) is 32.1 Å². The van der Waals surface area contributed by atoms with Crippen molar-refractivity contribution in [3.8, 4) is 17.7 Å². The highest BCUT2D eigenvalue weighted by molar-refractivity contribution is 5.81. The molecule has 1 N–H and O–H groups in total. The van der Waals surface area contributed by atoms with Gasteiger partial charge >= 0.3 is 0 Å². The van der Waals surface area contributed by atoms with Crippen LogP contribution in [0.1, 0.15) is 37.7 Å². The van der Waals surface area contributed by atoms with Gasteiger partial charge in [0.25, 0.3) is 0 Å². The van der Waals surface area contributed by atoms with E-state index in [-0.39, 0.29) is 18.3 Å². The predicted molar refractivity (Wildman–Crippen MR) is 104 cm³/mol. The Morgan fingerprint density at radius 3 is 2.63 bits per heavy atom. The van der Waals surface area contributed by atoms with E-state index in [2.05, 4.69) is 16.4 Å². The summed E-state index contributed by atoms with van der Waals surface area (Å²) in [5.74, 6) is 0.889. The van der Waals surface area contributed by atoms with Crippen LogP contribution >= 0.6 is 0 Å². The molecular weight excluding hydrogens is 340 g/mol. The van der Waals surface area contributed by atoms with Gasteiger partial charge in [-0.3, -0.25) is 4.79 Å². The second-order valence-corrected chi connectivity index (χ2v) is 6.57. The molecule has 0 radical (unpaired) electrons. The molecule has 1 aliphatic heterocycles. The van der Waals surface area contributed by atoms with Crippen molar-refractivity contribution in [2.24, 2.45) is 0 Å². The van der Waals surface area contributed by atoms with E-state index in [9.17, 15) is 10.1 Å². The number of rotatable bonds is 5. The van der Waals surface area contributed by atoms with Crippen LogP contribution in [0, 0.1) is 11.3 Å². The summed E-state index contributed by atoms with van der Waals surface area (Å²) in [5.41, 5.74) is 1.07. The van der Waals surface area contributed by atoms with E-state index in [0.29, 0.717) is 17.0 Å². The molecule has 3 rings (SSSR count). The van der Waals surface area contributed by atoms with E-state index >= 15 is 0 Å². The maximum atomic E-state index is 12.6. The molecule has 0 unspecified atom stereocenters. The molecule has 1 saturated heterocycles. The maximum absolute atomic E-state index is 12.6. The van der Waals surface area contributed by atoms with Crippen LogP contribution in [0.4, 0.5) is 5.69 Å². The van der Waals surface area contributed by atoms with E-state index < -0.39 is 0 Å². The Hall–Kier alpha value is -3.07. The molecule has 2 aromatic rings. The fraction of sp³-hybridized carbons (Fsp3) is 0.381. The standard InChI is InChI=1S/C21H24N4O2/c22-15-17-9-8-12-23-21(17)27-19-11-5-4-10-18(19)24-16-20(26)25-13-6-2-1-3-7-14-25/h4-5,8-12,24H,1-3,6-7,13-14,16H2. The summed E-state index contributed by atoms with van der Waals surface area (Å²) >= 11 is 0. The Kier molecular flexibility index (Phi) is 6.64. The van der Waals surface area contributed by atoms with Gasteiger partial charge in [-0.05, 0) is 37.1 Å². The van der Waals surface area contributed by atoms with Gasteiger partial charge in [0.15, 0.2) is 5.75 Å². The number of hydrogen-bond acceptors (Lipinski definition) is 5. The zero-order valence-electron chi connectivity index (χ0n) is 15.4. The normalized spacial score (nSPS) is 14.6. The summed E-state index contributed by atoms with van der Waals surface area (Å²) in [7, 11) is 0. The highest BCUT2D eigenvalue weighted by Crippen LogP contribution is 2.29. The highest BCUT2D eigenvalue weighted by atomic mass is 16.5. The van der Waals surface area contributed by atoms with Gasteiger partial charge in [-0.1, -0.05) is 31.4 Å². The number of benzene rings is 1. The van der Waals surface area contributed by atoms with Gasteiger partial charge in [0.05, 0.1) is 12.2 Å². The lowest BCUT2D eigenvalue weighted by Crippen LogP contribution is -2.37. The summed E-state index contributed by atoms with van der Waals surface area (Å²) in [4.78, 5) is 18.6. The van der Waals surface area contributed by atoms with Crippen LogP contribution in [0.25, 0.3) is 0 Å². The number of carbonyl (C=O) groups excluding carboxylic acids is 1. The van der Waals surface area contributed by atoms with E-state index in [1.807, 2.05) is 23.1 Å². The minimum absolute atomic E-state index is 0.0993. The Bertz CT molecular complexity index is 808. The SMILES string of the molecule is N#Cc1cccnc1Oc1ccccc1NCC(=O)N1CCCCCCC1. The summed E-state index contributed by atoms with van der Waals surface area (Å²) in [6.07, 6.45) is 7.38. The van der Waals surface area contributed by atoms with Crippen LogP contribution in [0.5, 0.6) is 11.6 Å². The monoisotopic (exact) mass is 364 g/mol. The lowest BCUT2D eigenvalue weighted by molar-refractivity contribution is -0.129. The average Bonchev–Trinajstić information content (AvgIpc) is 2.67. The van der Waals surface area contributed by atoms with Gasteiger partial charge in [0.2, 0.25) is 11.8 Å². The van der Waals surface area contributed by atoms with Crippen molar-refractivity contribution >= 4 is 11.6 Å². The van der Waals surface area contributed by atoms with Gasteiger partial charge in [0, 0.05) is 19.3 Å². The lowest BCUT2D eigenvalue weighted by Gasteiger charge is -2.25. The van der Waals surface area contributed by atoms with E-state index in [0.717, 1.165) is 25.9 Å². The van der Waals surface area contributed by atoms with Crippen LogP contribution in [-0.4, -0.2) is 35.4 Å². The number of amides is 1. The van der Waals surface area contributed by atoms with Crippen molar-refractivity contribution in [2.75, 3.05) is 25.0 Å². The number of nitriles is 1. The Morgan fingerprint density at radius 1 is 1.11 bits per heavy atom. The number of pyridine rings is 1. The summed E-state index contributed by atoms with van der Waals surface area (Å²) in [5, 5.41) is 12.4. The molecular formula is C21H24N4O2. The third-order valence-corrected chi connectivity index (χ3v) is 4.62. The van der Waals surface area contributed by atoms with Crippen LogP contribution in [0.2, 0.25) is 0 Å². The fourth-order valence-corrected chi connectivity index (χ4v) is 3.14. The maximum Gasteiger partial charge on any atom is 0.241 e. The molecule has 2 heterocycles. The average molecular weight is 364 g/mol. The molecule has 0 saturated carbocycles. The molecule has 0 atom stereocenters. The second kappa shape index (κ2) is 9.58. The van der Waals surface area contributed by atoms with Gasteiger partial charge in [0.1, 0.15) is 11.6 Å². The minimum Gasteiger partial charge on any atom is -0.436 e. The first-order chi connectivity index (χ1) is 13.3. The van der Waals surface area contributed by atoms with Gasteiger partial charge < -0.3 is 15.0 Å². The van der Waals surface area contributed by atoms with Crippen LogP contribution in [0.3, 0.4) is 0 Å². The number of para-hydroxylation sites is 2. The molecule has 6 heteroatoms. The molecule has 0 bridgehead atoms. The first-order valence-corrected chi connectivity index (χ1v) is 9.41. The quantitative estimate of drug-likeness (QED) is 0.869. The zero-order chi connectivity index (χ0) is 18.9. The minimum atomic E-state index is 0.0993. The predicted octanol–water partition coefficient (Wildman–Crippen LogP) is 3.95. The van der Waals surface area contributed by atoms with Crippen molar-refractivity contribution < 1.29 is 9.53 Å². The Morgan fingerprint density at radius 2 is 1.85 bits per heavy atom. The molecule has 6 nitrogen and oxygen atoms in total. The van der Waals surface area contributed by atoms with E-state index in [1.54, 1.807) is 24.4 Å². The summed E-state index contributed by atoms with van der Waals surface area (Å²) in [6.45, 7) is 1.88. The van der Waals surface area contributed by atoms with Gasteiger partial charge in [-0.2, -0.15) is 5.26 Å². The molecule has 0 aliphatic carbocycles. The van der Waals surface area contributed by atoms with Crippen molar-refractivity contribution in [1.29, 1.82) is 5.26 Å². The van der Waals surface area contributed by atoms with Crippen molar-refractivity contribution in [3.63, 3.8) is 0 Å². The number of nitrogens with zero attached hydrogens (tertiary/aromatic N) is 3. The number of ether oxygens (including phenoxy) is 1. The van der Waals surface area contributed by atoms with Crippen LogP contribution < -0.4 is 10.1 Å². The van der Waals surface area contributed by atoms with E-state index in [1.165, 1.54) is 19.3 Å². The summed E-state index contributed by atoms with van der Waals surface area (Å²) < 4.78 is 5.82. The number of carbonyl (C=O) groups is 1. The summed E-state index contributed by atoms with van der Waals surface area (Å²) in [6, 6.07) is 12.8. The molecule has 1 amide bonds. The zero-order valence-corrected chi connectivity index (χ0v) is 15.4. The largest absolute Gasteiger partial charge is 0.436 e.